The Hall–Kier alpha value is -5.00. The second-order valence-electron chi connectivity index (χ2n) is 8.49. The summed E-state index contributed by atoms with van der Waals surface area (Å²) in [7, 11) is 2.95. The van der Waals surface area contributed by atoms with E-state index in [0.29, 0.717) is 33.7 Å². The molecule has 2 aromatic carbocycles. The number of carbonyl (C=O) groups is 1. The molecule has 12 heteroatoms. The van der Waals surface area contributed by atoms with E-state index in [4.69, 9.17) is 0 Å². The fourth-order valence-electron chi connectivity index (χ4n) is 4.06. The molecule has 0 spiro atoms. The zero-order chi connectivity index (χ0) is 27.2. The zero-order valence-electron chi connectivity index (χ0n) is 20.0. The van der Waals surface area contributed by atoms with Crippen molar-refractivity contribution >= 4 is 22.6 Å². The van der Waals surface area contributed by atoms with Gasteiger partial charge in [0.2, 0.25) is 0 Å². The van der Waals surface area contributed by atoms with Crippen LogP contribution in [0.5, 0.6) is 0 Å². The number of benzene rings is 2. The van der Waals surface area contributed by atoms with E-state index >= 15 is 0 Å². The quantitative estimate of drug-likeness (QED) is 0.364. The molecule has 0 bridgehead atoms. The summed E-state index contributed by atoms with van der Waals surface area (Å²) >= 11 is 0. The first-order valence-corrected chi connectivity index (χ1v) is 11.2. The van der Waals surface area contributed by atoms with E-state index < -0.39 is 28.8 Å². The number of alkyl halides is 3. The first-order valence-electron chi connectivity index (χ1n) is 11.2. The number of fused-ring (bicyclic) bond motifs is 1. The summed E-state index contributed by atoms with van der Waals surface area (Å²) < 4.78 is 43.0. The second kappa shape index (κ2) is 9.14. The van der Waals surface area contributed by atoms with E-state index in [9.17, 15) is 27.6 Å². The van der Waals surface area contributed by atoms with Crippen LogP contribution in [0.4, 0.5) is 18.9 Å². The number of rotatable bonds is 4. The maximum absolute atomic E-state index is 13.2. The lowest BCUT2D eigenvalue weighted by molar-refractivity contribution is -0.137. The number of halogens is 3. The molecule has 1 N–H and O–H groups in total. The summed E-state index contributed by atoms with van der Waals surface area (Å²) in [6, 6.07) is 14.1. The minimum atomic E-state index is -4.49. The van der Waals surface area contributed by atoms with Crippen LogP contribution in [-0.4, -0.2) is 29.8 Å². The summed E-state index contributed by atoms with van der Waals surface area (Å²) in [5.41, 5.74) is 0.544. The summed E-state index contributed by atoms with van der Waals surface area (Å²) in [5, 5.41) is 7.09. The maximum atomic E-state index is 13.2. The molecule has 0 aliphatic carbocycles. The fourth-order valence-corrected chi connectivity index (χ4v) is 4.06. The monoisotopic (exact) mass is 520 g/mol. The Kier molecular flexibility index (Phi) is 5.94. The Bertz CT molecular complexity index is 1800. The molecule has 38 heavy (non-hydrogen) atoms. The minimum Gasteiger partial charge on any atom is -0.321 e. The van der Waals surface area contributed by atoms with E-state index in [2.05, 4.69) is 15.4 Å². The van der Waals surface area contributed by atoms with Gasteiger partial charge < -0.3 is 14.5 Å². The average Bonchev–Trinajstić information content (AvgIpc) is 3.36. The Labute approximate surface area is 212 Å². The number of pyridine rings is 1. The first kappa shape index (κ1) is 24.7. The molecule has 3 aromatic heterocycles. The number of nitrogens with zero attached hydrogens (tertiary/aromatic N) is 5. The Morgan fingerprint density at radius 2 is 1.47 bits per heavy atom. The second-order valence-corrected chi connectivity index (χ2v) is 8.49. The molecular formula is C26H19F3N6O3. The number of hydrogen-bond acceptors (Lipinski definition) is 5. The Morgan fingerprint density at radius 1 is 0.842 bits per heavy atom. The molecule has 9 nitrogen and oxygen atoms in total. The molecule has 0 atom stereocenters. The van der Waals surface area contributed by atoms with Crippen LogP contribution in [0, 0.1) is 0 Å². The molecule has 0 aliphatic heterocycles. The average molecular weight is 520 g/mol. The van der Waals surface area contributed by atoms with Gasteiger partial charge in [-0.15, -0.1) is 0 Å². The van der Waals surface area contributed by atoms with Gasteiger partial charge in [-0.25, -0.2) is 4.68 Å². The highest BCUT2D eigenvalue weighted by molar-refractivity contribution is 6.04. The van der Waals surface area contributed by atoms with Crippen molar-refractivity contribution < 1.29 is 18.0 Å². The van der Waals surface area contributed by atoms with E-state index in [1.54, 1.807) is 42.7 Å². The summed E-state index contributed by atoms with van der Waals surface area (Å²) in [5.74, 6) is -0.583. The SMILES string of the molecule is Cn1c(=O)c(=O)n(C)c2cc(NC(=O)c3cc(-c4ccncc4)n(-c4ccc(C(F)(F)F)cc4)n3)ccc21. The lowest BCUT2D eigenvalue weighted by atomic mass is 10.1. The van der Waals surface area contributed by atoms with Gasteiger partial charge in [-0.1, -0.05) is 0 Å². The van der Waals surface area contributed by atoms with Gasteiger partial charge in [0.05, 0.1) is 28.0 Å². The number of aromatic nitrogens is 5. The van der Waals surface area contributed by atoms with Gasteiger partial charge in [-0.2, -0.15) is 18.3 Å². The maximum Gasteiger partial charge on any atom is 0.416 e. The van der Waals surface area contributed by atoms with Gasteiger partial charge in [0, 0.05) is 37.7 Å². The van der Waals surface area contributed by atoms with Gasteiger partial charge in [0.15, 0.2) is 5.69 Å². The summed E-state index contributed by atoms with van der Waals surface area (Å²) in [4.78, 5) is 41.4. The largest absolute Gasteiger partial charge is 0.416 e. The Balaban J connectivity index is 1.54. The van der Waals surface area contributed by atoms with E-state index in [1.165, 1.54) is 46.1 Å². The lowest BCUT2D eigenvalue weighted by Gasteiger charge is -2.11. The molecule has 0 fully saturated rings. The van der Waals surface area contributed by atoms with Crippen LogP contribution >= 0.6 is 0 Å². The van der Waals surface area contributed by atoms with Crippen LogP contribution in [0.2, 0.25) is 0 Å². The molecule has 0 saturated carbocycles. The molecule has 3 heterocycles. The van der Waals surface area contributed by atoms with Crippen LogP contribution in [0.25, 0.3) is 28.0 Å². The van der Waals surface area contributed by atoms with Gasteiger partial charge in [-0.05, 0) is 60.7 Å². The van der Waals surface area contributed by atoms with E-state index in [0.717, 1.165) is 12.1 Å². The molecule has 0 saturated heterocycles. The minimum absolute atomic E-state index is 0.00570. The third-order valence-corrected chi connectivity index (χ3v) is 6.11. The van der Waals surface area contributed by atoms with Gasteiger partial charge in [0.1, 0.15) is 0 Å². The topological polar surface area (TPSA) is 104 Å². The third-order valence-electron chi connectivity index (χ3n) is 6.11. The number of nitrogens with one attached hydrogen (secondary N) is 1. The third kappa shape index (κ3) is 4.36. The smallest absolute Gasteiger partial charge is 0.321 e. The van der Waals surface area contributed by atoms with E-state index in [-0.39, 0.29) is 5.69 Å². The molecular weight excluding hydrogens is 501 g/mol. The van der Waals surface area contributed by atoms with Crippen LogP contribution < -0.4 is 16.4 Å². The predicted octanol–water partition coefficient (Wildman–Crippen LogP) is 3.76. The molecule has 5 aromatic rings. The zero-order valence-corrected chi connectivity index (χ0v) is 20.0. The van der Waals surface area contributed by atoms with Crippen LogP contribution in [-0.2, 0) is 20.3 Å². The highest BCUT2D eigenvalue weighted by Gasteiger charge is 2.30. The molecule has 0 radical (unpaired) electrons. The number of anilines is 1. The summed E-state index contributed by atoms with van der Waals surface area (Å²) in [6.45, 7) is 0. The van der Waals surface area contributed by atoms with Crippen molar-refractivity contribution in [1.82, 2.24) is 23.9 Å². The molecule has 192 valence electrons. The number of amides is 1. The number of carbonyl (C=O) groups excluding carboxylic acids is 1. The van der Waals surface area contributed by atoms with Gasteiger partial charge in [-0.3, -0.25) is 19.4 Å². The fraction of sp³-hybridized carbons (Fsp3) is 0.115. The van der Waals surface area contributed by atoms with Crippen LogP contribution in [0.3, 0.4) is 0 Å². The number of aryl methyl sites for hydroxylation is 2. The highest BCUT2D eigenvalue weighted by atomic mass is 19.4. The number of hydrogen-bond donors (Lipinski definition) is 1. The van der Waals surface area contributed by atoms with Crippen LogP contribution in [0.15, 0.2) is 82.6 Å². The molecule has 1 amide bonds. The lowest BCUT2D eigenvalue weighted by Crippen LogP contribution is -2.39. The summed E-state index contributed by atoms with van der Waals surface area (Å²) in [6.07, 6.45) is -1.39. The van der Waals surface area contributed by atoms with Gasteiger partial charge >= 0.3 is 17.3 Å². The molecule has 0 unspecified atom stereocenters. The predicted molar refractivity (Wildman–Crippen MR) is 134 cm³/mol. The normalized spacial score (nSPS) is 11.6. The van der Waals surface area contributed by atoms with Crippen molar-refractivity contribution in [2.75, 3.05) is 5.32 Å². The standard InChI is InChI=1S/C26H19F3N6O3/c1-33-20-8-5-17(13-22(20)34(2)25(38)24(33)37)31-23(36)19-14-21(15-9-11-30-12-10-15)35(32-19)18-6-3-16(4-7-18)26(27,28)29/h3-14H,1-2H3,(H,31,36). The van der Waals surface area contributed by atoms with Crippen molar-refractivity contribution in [3.05, 3.63) is 105 Å². The van der Waals surface area contributed by atoms with Crippen molar-refractivity contribution in [1.29, 1.82) is 0 Å². The molecule has 0 aliphatic rings. The van der Waals surface area contributed by atoms with Crippen molar-refractivity contribution in [2.45, 2.75) is 6.18 Å². The van der Waals surface area contributed by atoms with Crippen LogP contribution in [0.1, 0.15) is 16.1 Å². The molecule has 5 rings (SSSR count). The van der Waals surface area contributed by atoms with Crippen molar-refractivity contribution in [3.63, 3.8) is 0 Å². The van der Waals surface area contributed by atoms with Crippen molar-refractivity contribution in [2.24, 2.45) is 14.1 Å². The first-order chi connectivity index (χ1) is 18.0. The van der Waals surface area contributed by atoms with Crippen molar-refractivity contribution in [3.8, 4) is 16.9 Å². The van der Waals surface area contributed by atoms with Gasteiger partial charge in [0.25, 0.3) is 5.91 Å². The Morgan fingerprint density at radius 3 is 2.11 bits per heavy atom. The van der Waals surface area contributed by atoms with E-state index in [1.807, 2.05) is 0 Å². The highest BCUT2D eigenvalue weighted by Crippen LogP contribution is 2.31.